The van der Waals surface area contributed by atoms with E-state index in [1.165, 1.54) is 6.92 Å². The predicted molar refractivity (Wildman–Crippen MR) is 120 cm³/mol. The van der Waals surface area contributed by atoms with Crippen LogP contribution in [0.4, 0.5) is 5.13 Å². The normalized spacial score (nSPS) is 11.5. The number of hydrogen-bond acceptors (Lipinski definition) is 5. The number of hydrogen-bond donors (Lipinski definition) is 2. The molecule has 0 fully saturated rings. The van der Waals surface area contributed by atoms with Gasteiger partial charge in [-0.1, -0.05) is 48.5 Å². The van der Waals surface area contributed by atoms with Gasteiger partial charge >= 0.3 is 5.97 Å². The van der Waals surface area contributed by atoms with E-state index in [1.807, 2.05) is 53.9 Å². The lowest BCUT2D eigenvalue weighted by Crippen LogP contribution is -2.38. The van der Waals surface area contributed by atoms with Crippen LogP contribution >= 0.6 is 11.3 Å². The third kappa shape index (κ3) is 5.33. The molecule has 0 radical (unpaired) electrons. The van der Waals surface area contributed by atoms with Crippen molar-refractivity contribution in [2.75, 3.05) is 11.4 Å². The molecule has 0 aliphatic heterocycles. The lowest BCUT2D eigenvalue weighted by atomic mass is 10.1. The van der Waals surface area contributed by atoms with Crippen molar-refractivity contribution in [2.45, 2.75) is 19.5 Å². The molecule has 0 aliphatic rings. The molecule has 0 bridgehead atoms. The van der Waals surface area contributed by atoms with Crippen LogP contribution in [0.3, 0.4) is 0 Å². The molecule has 1 aromatic heterocycles. The average Bonchev–Trinajstić information content (AvgIpc) is 3.24. The molecule has 2 aromatic carbocycles. The Morgan fingerprint density at radius 2 is 1.90 bits per heavy atom. The van der Waals surface area contributed by atoms with E-state index in [0.717, 1.165) is 22.0 Å². The third-order valence-electron chi connectivity index (χ3n) is 4.49. The first-order chi connectivity index (χ1) is 14.5. The number of rotatable bonds is 9. The molecular weight excluding hydrogens is 398 g/mol. The van der Waals surface area contributed by atoms with Crippen molar-refractivity contribution in [2.24, 2.45) is 0 Å². The molecule has 3 rings (SSSR count). The van der Waals surface area contributed by atoms with Crippen molar-refractivity contribution >= 4 is 28.3 Å². The Morgan fingerprint density at radius 3 is 2.53 bits per heavy atom. The molecule has 30 heavy (non-hydrogen) atoms. The fourth-order valence-corrected chi connectivity index (χ4v) is 3.69. The number of aromatic nitrogens is 1. The molecule has 1 amide bonds. The van der Waals surface area contributed by atoms with Crippen LogP contribution < -0.4 is 10.2 Å². The van der Waals surface area contributed by atoms with E-state index < -0.39 is 17.9 Å². The summed E-state index contributed by atoms with van der Waals surface area (Å²) in [7, 11) is 0. The van der Waals surface area contributed by atoms with Gasteiger partial charge in [-0.05, 0) is 24.6 Å². The zero-order chi connectivity index (χ0) is 21.5. The van der Waals surface area contributed by atoms with Crippen LogP contribution in [0.1, 0.15) is 22.8 Å². The molecule has 1 unspecified atom stereocenters. The van der Waals surface area contributed by atoms with Crippen molar-refractivity contribution in [1.29, 1.82) is 0 Å². The number of carbonyl (C=O) groups excluding carboxylic acids is 1. The van der Waals surface area contributed by atoms with Crippen LogP contribution in [0.2, 0.25) is 0 Å². The highest BCUT2D eigenvalue weighted by atomic mass is 32.1. The summed E-state index contributed by atoms with van der Waals surface area (Å²) in [6.07, 6.45) is 1.83. The molecular formula is C23H23N3O3S. The van der Waals surface area contributed by atoms with Crippen molar-refractivity contribution in [3.63, 3.8) is 0 Å². The van der Waals surface area contributed by atoms with Gasteiger partial charge in [0.2, 0.25) is 0 Å². The zero-order valence-electron chi connectivity index (χ0n) is 16.6. The van der Waals surface area contributed by atoms with Gasteiger partial charge in [-0.2, -0.15) is 0 Å². The van der Waals surface area contributed by atoms with E-state index in [4.69, 9.17) is 10.1 Å². The first kappa shape index (κ1) is 21.3. The number of nitrogens with zero attached hydrogens (tertiary/aromatic N) is 2. The van der Waals surface area contributed by atoms with Crippen molar-refractivity contribution in [3.05, 3.63) is 83.8 Å². The van der Waals surface area contributed by atoms with Gasteiger partial charge in [-0.15, -0.1) is 17.9 Å². The summed E-state index contributed by atoms with van der Waals surface area (Å²) in [5.74, 6) is -1.48. The van der Waals surface area contributed by atoms with E-state index in [2.05, 4.69) is 16.8 Å². The minimum Gasteiger partial charge on any atom is -0.480 e. The Bertz CT molecular complexity index is 1020. The fraction of sp³-hybridized carbons (Fsp3) is 0.174. The number of anilines is 1. The smallest absolute Gasteiger partial charge is 0.325 e. The summed E-state index contributed by atoms with van der Waals surface area (Å²) in [5.41, 5.74) is 3.44. The first-order valence-electron chi connectivity index (χ1n) is 9.47. The second-order valence-corrected chi connectivity index (χ2v) is 7.62. The van der Waals surface area contributed by atoms with Gasteiger partial charge in [0.25, 0.3) is 5.91 Å². The summed E-state index contributed by atoms with van der Waals surface area (Å²) < 4.78 is 0. The Labute approximate surface area is 179 Å². The van der Waals surface area contributed by atoms with Gasteiger partial charge in [-0.25, -0.2) is 4.98 Å². The number of carbonyl (C=O) groups is 2. The molecule has 0 spiro atoms. The van der Waals surface area contributed by atoms with Crippen LogP contribution in [-0.2, 0) is 11.3 Å². The number of aliphatic carboxylic acids is 1. The van der Waals surface area contributed by atoms with Crippen LogP contribution in [0.15, 0.2) is 72.6 Å². The highest BCUT2D eigenvalue weighted by Gasteiger charge is 2.16. The Morgan fingerprint density at radius 1 is 1.20 bits per heavy atom. The van der Waals surface area contributed by atoms with Gasteiger partial charge in [-0.3, -0.25) is 9.59 Å². The number of carboxylic acids is 1. The number of amides is 1. The summed E-state index contributed by atoms with van der Waals surface area (Å²) in [5, 5.41) is 14.3. The highest BCUT2D eigenvalue weighted by Crippen LogP contribution is 2.28. The Balaban J connectivity index is 1.71. The molecule has 1 atom stereocenters. The zero-order valence-corrected chi connectivity index (χ0v) is 17.4. The number of nitrogens with one attached hydrogen (secondary N) is 1. The molecule has 0 aliphatic carbocycles. The summed E-state index contributed by atoms with van der Waals surface area (Å²) in [6, 6.07) is 16.2. The summed E-state index contributed by atoms with van der Waals surface area (Å²) in [4.78, 5) is 29.9. The van der Waals surface area contributed by atoms with Gasteiger partial charge < -0.3 is 15.3 Å². The maximum absolute atomic E-state index is 12.1. The van der Waals surface area contributed by atoms with E-state index >= 15 is 0 Å². The largest absolute Gasteiger partial charge is 0.480 e. The second-order valence-electron chi connectivity index (χ2n) is 6.78. The number of carboxylic acid groups (broad SMARTS) is 1. The van der Waals surface area contributed by atoms with Crippen molar-refractivity contribution in [3.8, 4) is 11.3 Å². The summed E-state index contributed by atoms with van der Waals surface area (Å²) in [6.45, 7) is 6.53. The Kier molecular flexibility index (Phi) is 6.98. The van der Waals surface area contributed by atoms with Gasteiger partial charge in [0, 0.05) is 29.6 Å². The van der Waals surface area contributed by atoms with Crippen LogP contribution in [0.5, 0.6) is 0 Å². The minimum absolute atomic E-state index is 0.410. The second kappa shape index (κ2) is 9.84. The topological polar surface area (TPSA) is 82.5 Å². The number of benzene rings is 2. The highest BCUT2D eigenvalue weighted by molar-refractivity contribution is 7.14. The quantitative estimate of drug-likeness (QED) is 0.506. The molecule has 0 saturated carbocycles. The van der Waals surface area contributed by atoms with E-state index in [9.17, 15) is 9.59 Å². The molecule has 3 aromatic rings. The maximum Gasteiger partial charge on any atom is 0.325 e. The van der Waals surface area contributed by atoms with E-state index in [-0.39, 0.29) is 0 Å². The predicted octanol–water partition coefficient (Wildman–Crippen LogP) is 4.21. The SMILES string of the molecule is C=CCN(Cc1ccc(C(=O)NC(C)C(=O)O)cc1)c1nc(-c2ccccc2)cs1. The fourth-order valence-electron chi connectivity index (χ4n) is 2.84. The molecule has 0 saturated heterocycles. The van der Waals surface area contributed by atoms with Gasteiger partial charge in [0.05, 0.1) is 5.69 Å². The van der Waals surface area contributed by atoms with Crippen molar-refractivity contribution in [1.82, 2.24) is 10.3 Å². The van der Waals surface area contributed by atoms with E-state index in [0.29, 0.717) is 18.7 Å². The van der Waals surface area contributed by atoms with Crippen molar-refractivity contribution < 1.29 is 14.7 Å². The molecule has 7 heteroatoms. The van der Waals surface area contributed by atoms with Gasteiger partial charge in [0.1, 0.15) is 6.04 Å². The lowest BCUT2D eigenvalue weighted by molar-refractivity contribution is -0.138. The van der Waals surface area contributed by atoms with Crippen LogP contribution in [0.25, 0.3) is 11.3 Å². The summed E-state index contributed by atoms with van der Waals surface area (Å²) >= 11 is 1.58. The average molecular weight is 422 g/mol. The van der Waals surface area contributed by atoms with Crippen LogP contribution in [-0.4, -0.2) is 34.6 Å². The molecule has 154 valence electrons. The maximum atomic E-state index is 12.1. The van der Waals surface area contributed by atoms with Gasteiger partial charge in [0.15, 0.2) is 5.13 Å². The number of thiazole rings is 1. The molecule has 2 N–H and O–H groups in total. The molecule has 1 heterocycles. The molecule has 6 nitrogen and oxygen atoms in total. The third-order valence-corrected chi connectivity index (χ3v) is 5.39. The monoisotopic (exact) mass is 421 g/mol. The minimum atomic E-state index is -1.07. The van der Waals surface area contributed by atoms with Crippen LogP contribution in [0, 0.1) is 0 Å². The first-order valence-corrected chi connectivity index (χ1v) is 10.4. The Hall–Kier alpha value is -3.45. The van der Waals surface area contributed by atoms with E-state index in [1.54, 1.807) is 23.5 Å². The lowest BCUT2D eigenvalue weighted by Gasteiger charge is -2.20. The standard InChI is InChI=1S/C23H23N3O3S/c1-3-13-26(23-25-20(15-30-23)18-7-5-4-6-8-18)14-17-9-11-19(12-10-17)21(27)24-16(2)22(28)29/h3-12,15-16H,1,13-14H2,2H3,(H,24,27)(H,28,29).